The third-order valence-corrected chi connectivity index (χ3v) is 5.42. The van der Waals surface area contributed by atoms with Crippen molar-refractivity contribution in [3.05, 3.63) is 29.8 Å². The quantitative estimate of drug-likeness (QED) is 0.858. The number of hydrogen-bond acceptors (Lipinski definition) is 2. The van der Waals surface area contributed by atoms with Crippen molar-refractivity contribution in [1.82, 2.24) is 0 Å². The Kier molecular flexibility index (Phi) is 4.02. The standard InChI is InChI=1S/C18H27NO/c1-3-14-9-5-6-10-15(14)19-16-13-17(20-4-2)18(16)11-7-8-12-18/h5-6,9-10,16-17,19H,3-4,7-8,11-13H2,1-2H3. The molecular weight excluding hydrogens is 246 g/mol. The summed E-state index contributed by atoms with van der Waals surface area (Å²) in [6.45, 7) is 5.20. The number of aryl methyl sites for hydroxylation is 1. The zero-order valence-electron chi connectivity index (χ0n) is 12.8. The second-order valence-corrected chi connectivity index (χ2v) is 6.33. The molecule has 0 saturated heterocycles. The summed E-state index contributed by atoms with van der Waals surface area (Å²) in [4.78, 5) is 0. The number of rotatable bonds is 5. The molecule has 2 heteroatoms. The van der Waals surface area contributed by atoms with Gasteiger partial charge in [-0.25, -0.2) is 0 Å². The molecule has 1 spiro atoms. The molecular formula is C18H27NO. The van der Waals surface area contributed by atoms with Gasteiger partial charge in [0, 0.05) is 23.8 Å². The molecule has 1 N–H and O–H groups in total. The Bertz CT molecular complexity index is 450. The second kappa shape index (κ2) is 5.77. The van der Waals surface area contributed by atoms with E-state index < -0.39 is 0 Å². The summed E-state index contributed by atoms with van der Waals surface area (Å²) in [5.74, 6) is 0. The molecule has 1 aromatic rings. The fourth-order valence-corrected chi connectivity index (χ4v) is 4.25. The van der Waals surface area contributed by atoms with Crippen molar-refractivity contribution >= 4 is 5.69 Å². The third-order valence-electron chi connectivity index (χ3n) is 5.42. The highest BCUT2D eigenvalue weighted by Gasteiger charge is 2.56. The molecule has 2 aliphatic rings. The molecule has 20 heavy (non-hydrogen) atoms. The van der Waals surface area contributed by atoms with Crippen molar-refractivity contribution in [1.29, 1.82) is 0 Å². The van der Waals surface area contributed by atoms with Crippen LogP contribution >= 0.6 is 0 Å². The smallest absolute Gasteiger partial charge is 0.0670 e. The van der Waals surface area contributed by atoms with E-state index in [9.17, 15) is 0 Å². The lowest BCUT2D eigenvalue weighted by atomic mass is 9.60. The molecule has 1 aromatic carbocycles. The summed E-state index contributed by atoms with van der Waals surface area (Å²) in [5, 5.41) is 3.84. The van der Waals surface area contributed by atoms with Crippen molar-refractivity contribution in [3.63, 3.8) is 0 Å². The maximum Gasteiger partial charge on any atom is 0.0670 e. The molecule has 0 amide bonds. The lowest BCUT2D eigenvalue weighted by Crippen LogP contribution is -2.60. The van der Waals surface area contributed by atoms with Gasteiger partial charge in [0.15, 0.2) is 0 Å². The van der Waals surface area contributed by atoms with Gasteiger partial charge in [0.25, 0.3) is 0 Å². The van der Waals surface area contributed by atoms with E-state index in [1.54, 1.807) is 0 Å². The van der Waals surface area contributed by atoms with Crippen molar-refractivity contribution < 1.29 is 4.74 Å². The molecule has 3 rings (SSSR count). The highest BCUT2D eigenvalue weighted by molar-refractivity contribution is 5.53. The molecule has 110 valence electrons. The van der Waals surface area contributed by atoms with Crippen LogP contribution in [0.5, 0.6) is 0 Å². The second-order valence-electron chi connectivity index (χ2n) is 6.33. The Morgan fingerprint density at radius 3 is 2.65 bits per heavy atom. The lowest BCUT2D eigenvalue weighted by Gasteiger charge is -2.54. The third kappa shape index (κ3) is 2.24. The minimum atomic E-state index is 0.414. The van der Waals surface area contributed by atoms with Crippen molar-refractivity contribution in [3.8, 4) is 0 Å². The summed E-state index contributed by atoms with van der Waals surface area (Å²) >= 11 is 0. The largest absolute Gasteiger partial charge is 0.381 e. The number of ether oxygens (including phenoxy) is 1. The SMILES string of the molecule is CCOC1CC(Nc2ccccc2CC)C12CCCC2. The van der Waals surface area contributed by atoms with Crippen LogP contribution in [0.3, 0.4) is 0 Å². The van der Waals surface area contributed by atoms with Crippen LogP contribution < -0.4 is 5.32 Å². The van der Waals surface area contributed by atoms with E-state index >= 15 is 0 Å². The van der Waals surface area contributed by atoms with Gasteiger partial charge in [-0.1, -0.05) is 38.0 Å². The van der Waals surface area contributed by atoms with E-state index in [0.717, 1.165) is 13.0 Å². The van der Waals surface area contributed by atoms with Crippen molar-refractivity contribution in [2.45, 2.75) is 64.5 Å². The zero-order chi connectivity index (χ0) is 14.0. The first-order valence-electron chi connectivity index (χ1n) is 8.26. The van der Waals surface area contributed by atoms with Gasteiger partial charge in [0.2, 0.25) is 0 Å². The van der Waals surface area contributed by atoms with Gasteiger partial charge in [-0.05, 0) is 44.2 Å². The average molecular weight is 273 g/mol. The van der Waals surface area contributed by atoms with Gasteiger partial charge < -0.3 is 10.1 Å². The minimum absolute atomic E-state index is 0.414. The molecule has 2 aliphatic carbocycles. The van der Waals surface area contributed by atoms with E-state index in [-0.39, 0.29) is 0 Å². The van der Waals surface area contributed by atoms with E-state index in [1.165, 1.54) is 43.4 Å². The Labute approximate surface area is 122 Å². The Morgan fingerprint density at radius 1 is 1.20 bits per heavy atom. The Hall–Kier alpha value is -1.02. The van der Waals surface area contributed by atoms with Crippen LogP contribution in [0.1, 0.15) is 51.5 Å². The first-order chi connectivity index (χ1) is 9.80. The maximum absolute atomic E-state index is 6.00. The maximum atomic E-state index is 6.00. The van der Waals surface area contributed by atoms with Crippen LogP contribution in [-0.2, 0) is 11.2 Å². The van der Waals surface area contributed by atoms with Gasteiger partial charge in [-0.2, -0.15) is 0 Å². The van der Waals surface area contributed by atoms with Gasteiger partial charge in [-0.3, -0.25) is 0 Å². The summed E-state index contributed by atoms with van der Waals surface area (Å²) in [5.41, 5.74) is 3.18. The summed E-state index contributed by atoms with van der Waals surface area (Å²) in [6, 6.07) is 9.35. The molecule has 2 saturated carbocycles. The molecule has 2 nitrogen and oxygen atoms in total. The first-order valence-corrected chi connectivity index (χ1v) is 8.26. The Balaban J connectivity index is 1.74. The number of para-hydroxylation sites is 1. The molecule has 0 heterocycles. The Morgan fingerprint density at radius 2 is 1.95 bits per heavy atom. The van der Waals surface area contributed by atoms with Crippen LogP contribution in [0.15, 0.2) is 24.3 Å². The molecule has 2 fully saturated rings. The average Bonchev–Trinajstić information content (AvgIpc) is 2.99. The van der Waals surface area contributed by atoms with Crippen LogP contribution in [0.4, 0.5) is 5.69 Å². The molecule has 0 aromatic heterocycles. The fourth-order valence-electron chi connectivity index (χ4n) is 4.25. The monoisotopic (exact) mass is 273 g/mol. The van der Waals surface area contributed by atoms with E-state index in [4.69, 9.17) is 4.74 Å². The molecule has 2 unspecified atom stereocenters. The summed E-state index contributed by atoms with van der Waals surface area (Å²) in [6.07, 6.45) is 8.17. The van der Waals surface area contributed by atoms with Gasteiger partial charge in [0.05, 0.1) is 6.10 Å². The topological polar surface area (TPSA) is 21.3 Å². The van der Waals surface area contributed by atoms with Gasteiger partial charge in [0.1, 0.15) is 0 Å². The number of hydrogen-bond donors (Lipinski definition) is 1. The molecule has 0 radical (unpaired) electrons. The normalized spacial score (nSPS) is 27.5. The predicted molar refractivity (Wildman–Crippen MR) is 84.2 cm³/mol. The summed E-state index contributed by atoms with van der Waals surface area (Å²) < 4.78 is 6.00. The number of anilines is 1. The number of nitrogens with one attached hydrogen (secondary N) is 1. The van der Waals surface area contributed by atoms with Gasteiger partial charge >= 0.3 is 0 Å². The predicted octanol–water partition coefficient (Wildman–Crippen LogP) is 4.40. The van der Waals surface area contributed by atoms with E-state index in [1.807, 2.05) is 0 Å². The number of benzene rings is 1. The van der Waals surface area contributed by atoms with Crippen LogP contribution in [0.2, 0.25) is 0 Å². The highest BCUT2D eigenvalue weighted by Crippen LogP contribution is 2.55. The molecule has 0 aliphatic heterocycles. The van der Waals surface area contributed by atoms with Crippen LogP contribution in [0, 0.1) is 5.41 Å². The first kappa shape index (κ1) is 13.9. The zero-order valence-corrected chi connectivity index (χ0v) is 12.8. The van der Waals surface area contributed by atoms with Crippen molar-refractivity contribution in [2.24, 2.45) is 5.41 Å². The van der Waals surface area contributed by atoms with E-state index in [2.05, 4.69) is 43.4 Å². The van der Waals surface area contributed by atoms with Crippen LogP contribution in [0.25, 0.3) is 0 Å². The van der Waals surface area contributed by atoms with E-state index in [0.29, 0.717) is 17.6 Å². The lowest BCUT2D eigenvalue weighted by molar-refractivity contribution is -0.114. The minimum Gasteiger partial charge on any atom is -0.381 e. The van der Waals surface area contributed by atoms with Crippen LogP contribution in [-0.4, -0.2) is 18.8 Å². The molecule has 0 bridgehead atoms. The summed E-state index contributed by atoms with van der Waals surface area (Å²) in [7, 11) is 0. The van der Waals surface area contributed by atoms with Gasteiger partial charge in [-0.15, -0.1) is 0 Å². The fraction of sp³-hybridized carbons (Fsp3) is 0.667. The molecule has 2 atom stereocenters. The van der Waals surface area contributed by atoms with Crippen molar-refractivity contribution in [2.75, 3.05) is 11.9 Å². The highest BCUT2D eigenvalue weighted by atomic mass is 16.5.